The predicted molar refractivity (Wildman–Crippen MR) is 65.3 cm³/mol. The average Bonchev–Trinajstić information content (AvgIpc) is 3.00. The molecular weight excluding hydrogens is 222 g/mol. The molecule has 0 bridgehead atoms. The second-order valence-electron chi connectivity index (χ2n) is 4.46. The fourth-order valence-corrected chi connectivity index (χ4v) is 2.59. The van der Waals surface area contributed by atoms with Crippen molar-refractivity contribution in [3.8, 4) is 0 Å². The maximum absolute atomic E-state index is 11.0. The Bertz CT molecular complexity index is 581. The summed E-state index contributed by atoms with van der Waals surface area (Å²) in [5.41, 5.74) is 3.05. The van der Waals surface area contributed by atoms with Crippen molar-refractivity contribution in [3.63, 3.8) is 0 Å². The third kappa shape index (κ3) is 1.37. The van der Waals surface area contributed by atoms with E-state index in [2.05, 4.69) is 4.57 Å². The summed E-state index contributed by atoms with van der Waals surface area (Å²) in [5, 5.41) is 1.67. The molecule has 0 N–H and O–H groups in total. The number of fused-ring (bicyclic) bond motifs is 1. The normalized spacial score (nSPS) is 15.6. The van der Waals surface area contributed by atoms with Gasteiger partial charge in [0.15, 0.2) is 6.29 Å². The first-order valence-electron chi connectivity index (χ1n) is 5.46. The monoisotopic (exact) mass is 233 g/mol. The maximum atomic E-state index is 11.0. The van der Waals surface area contributed by atoms with E-state index in [1.807, 2.05) is 25.3 Å². The van der Waals surface area contributed by atoms with Crippen molar-refractivity contribution >= 4 is 28.8 Å². The highest BCUT2D eigenvalue weighted by Gasteiger charge is 2.26. The first-order chi connectivity index (χ1) is 7.70. The molecule has 0 atom stereocenters. The first-order valence-corrected chi connectivity index (χ1v) is 5.84. The lowest BCUT2D eigenvalue weighted by atomic mass is 10.1. The Kier molecular flexibility index (Phi) is 2.08. The minimum absolute atomic E-state index is 0.580. The first kappa shape index (κ1) is 9.91. The van der Waals surface area contributed by atoms with Crippen molar-refractivity contribution in [2.24, 2.45) is 0 Å². The Balaban J connectivity index is 2.39. The lowest BCUT2D eigenvalue weighted by Crippen LogP contribution is -1.92. The Morgan fingerprint density at radius 3 is 2.81 bits per heavy atom. The average molecular weight is 234 g/mol. The molecule has 1 aliphatic carbocycles. The lowest BCUT2D eigenvalue weighted by Gasteiger charge is -2.05. The van der Waals surface area contributed by atoms with Gasteiger partial charge in [0, 0.05) is 28.2 Å². The summed E-state index contributed by atoms with van der Waals surface area (Å²) in [6, 6.07) is 4.42. The third-order valence-electron chi connectivity index (χ3n) is 3.18. The van der Waals surface area contributed by atoms with Crippen LogP contribution in [0.2, 0.25) is 5.02 Å². The van der Waals surface area contributed by atoms with E-state index in [4.69, 9.17) is 11.6 Å². The number of carbonyl (C=O) groups excluding carboxylic acids is 1. The van der Waals surface area contributed by atoms with Crippen molar-refractivity contribution in [1.82, 2.24) is 4.57 Å². The van der Waals surface area contributed by atoms with Crippen LogP contribution in [-0.2, 0) is 0 Å². The van der Waals surface area contributed by atoms with Crippen LogP contribution in [0.4, 0.5) is 0 Å². The molecule has 1 fully saturated rings. The number of aldehydes is 1. The van der Waals surface area contributed by atoms with Gasteiger partial charge in [-0.2, -0.15) is 0 Å². The van der Waals surface area contributed by atoms with Gasteiger partial charge in [-0.1, -0.05) is 11.6 Å². The number of nitrogens with zero attached hydrogens (tertiary/aromatic N) is 1. The molecule has 0 unspecified atom stereocenters. The summed E-state index contributed by atoms with van der Waals surface area (Å²) >= 11 is 6.03. The van der Waals surface area contributed by atoms with Gasteiger partial charge in [0.25, 0.3) is 0 Å². The minimum atomic E-state index is 0.580. The Labute approximate surface area is 98.8 Å². The summed E-state index contributed by atoms with van der Waals surface area (Å²) in [6.45, 7) is 2.04. The zero-order chi connectivity index (χ0) is 11.3. The van der Waals surface area contributed by atoms with Gasteiger partial charge in [0.1, 0.15) is 0 Å². The number of hydrogen-bond donors (Lipinski definition) is 0. The van der Waals surface area contributed by atoms with Crippen LogP contribution >= 0.6 is 11.6 Å². The predicted octanol–water partition coefficient (Wildman–Crippen LogP) is 3.75. The van der Waals surface area contributed by atoms with E-state index in [0.29, 0.717) is 11.1 Å². The van der Waals surface area contributed by atoms with Gasteiger partial charge >= 0.3 is 0 Å². The van der Waals surface area contributed by atoms with Crippen LogP contribution in [0.1, 0.15) is 34.8 Å². The molecule has 16 heavy (non-hydrogen) atoms. The molecule has 0 aliphatic heterocycles. The summed E-state index contributed by atoms with van der Waals surface area (Å²) in [6.07, 6.45) is 5.30. The van der Waals surface area contributed by atoms with Crippen LogP contribution in [0.5, 0.6) is 0 Å². The van der Waals surface area contributed by atoms with Crippen LogP contribution in [-0.4, -0.2) is 10.9 Å². The molecule has 0 amide bonds. The number of halogens is 1. The van der Waals surface area contributed by atoms with Gasteiger partial charge < -0.3 is 4.57 Å². The molecule has 1 aromatic carbocycles. The molecule has 1 heterocycles. The van der Waals surface area contributed by atoms with Crippen LogP contribution < -0.4 is 0 Å². The highest BCUT2D eigenvalue weighted by molar-refractivity contribution is 6.31. The lowest BCUT2D eigenvalue weighted by molar-refractivity contribution is 0.112. The number of aryl methyl sites for hydroxylation is 1. The van der Waals surface area contributed by atoms with E-state index >= 15 is 0 Å². The molecule has 3 heteroatoms. The largest absolute Gasteiger partial charge is 0.343 e. The number of hydrogen-bond acceptors (Lipinski definition) is 1. The second kappa shape index (κ2) is 3.36. The summed E-state index contributed by atoms with van der Waals surface area (Å²) in [7, 11) is 0. The molecule has 0 spiro atoms. The van der Waals surface area contributed by atoms with Crippen molar-refractivity contribution in [1.29, 1.82) is 0 Å². The number of benzene rings is 1. The standard InChI is InChI=1S/C13H12ClNO/c1-8-4-10(14)5-12-9(7-16)6-15(13(8)12)11-2-3-11/h4-7,11H,2-3H2,1H3. The fraction of sp³-hybridized carbons (Fsp3) is 0.308. The van der Waals surface area contributed by atoms with E-state index in [9.17, 15) is 4.79 Å². The number of rotatable bonds is 2. The van der Waals surface area contributed by atoms with Crippen molar-refractivity contribution in [2.45, 2.75) is 25.8 Å². The van der Waals surface area contributed by atoms with E-state index < -0.39 is 0 Å². The van der Waals surface area contributed by atoms with Crippen molar-refractivity contribution < 1.29 is 4.79 Å². The molecule has 1 aromatic heterocycles. The Hall–Kier alpha value is -1.28. The zero-order valence-corrected chi connectivity index (χ0v) is 9.79. The molecule has 2 nitrogen and oxygen atoms in total. The molecule has 82 valence electrons. The van der Waals surface area contributed by atoms with Crippen LogP contribution in [0.25, 0.3) is 10.9 Å². The zero-order valence-electron chi connectivity index (χ0n) is 9.03. The summed E-state index contributed by atoms with van der Waals surface area (Å²) in [4.78, 5) is 11.0. The molecule has 0 saturated heterocycles. The van der Waals surface area contributed by atoms with Crippen LogP contribution in [0.3, 0.4) is 0 Å². The SMILES string of the molecule is Cc1cc(Cl)cc2c(C=O)cn(C3CC3)c12. The number of aromatic nitrogens is 1. The molecule has 3 rings (SSSR count). The summed E-state index contributed by atoms with van der Waals surface area (Å²) < 4.78 is 2.23. The third-order valence-corrected chi connectivity index (χ3v) is 3.40. The van der Waals surface area contributed by atoms with E-state index in [-0.39, 0.29) is 0 Å². The van der Waals surface area contributed by atoms with Crippen molar-refractivity contribution in [2.75, 3.05) is 0 Å². The van der Waals surface area contributed by atoms with Gasteiger partial charge in [-0.3, -0.25) is 4.79 Å². The molecular formula is C13H12ClNO. The summed E-state index contributed by atoms with van der Waals surface area (Å²) in [5.74, 6) is 0. The van der Waals surface area contributed by atoms with Crippen LogP contribution in [0, 0.1) is 6.92 Å². The molecule has 1 aliphatic rings. The smallest absolute Gasteiger partial charge is 0.152 e. The quantitative estimate of drug-likeness (QED) is 0.724. The van der Waals surface area contributed by atoms with Gasteiger partial charge in [0.05, 0.1) is 5.52 Å². The van der Waals surface area contributed by atoms with Crippen LogP contribution in [0.15, 0.2) is 18.3 Å². The highest BCUT2D eigenvalue weighted by Crippen LogP contribution is 2.40. The molecule has 0 radical (unpaired) electrons. The van der Waals surface area contributed by atoms with E-state index in [0.717, 1.165) is 28.3 Å². The van der Waals surface area contributed by atoms with Gasteiger partial charge in [-0.15, -0.1) is 0 Å². The number of carbonyl (C=O) groups is 1. The maximum Gasteiger partial charge on any atom is 0.152 e. The van der Waals surface area contributed by atoms with E-state index in [1.54, 1.807) is 0 Å². The topological polar surface area (TPSA) is 22.0 Å². The Morgan fingerprint density at radius 1 is 1.44 bits per heavy atom. The fourth-order valence-electron chi connectivity index (χ4n) is 2.32. The molecule has 1 saturated carbocycles. The Morgan fingerprint density at radius 2 is 2.19 bits per heavy atom. The van der Waals surface area contributed by atoms with Gasteiger partial charge in [0.2, 0.25) is 0 Å². The van der Waals surface area contributed by atoms with E-state index in [1.165, 1.54) is 12.8 Å². The highest BCUT2D eigenvalue weighted by atomic mass is 35.5. The molecule has 2 aromatic rings. The van der Waals surface area contributed by atoms with Gasteiger partial charge in [-0.05, 0) is 37.5 Å². The van der Waals surface area contributed by atoms with Crippen molar-refractivity contribution in [3.05, 3.63) is 34.5 Å². The second-order valence-corrected chi connectivity index (χ2v) is 4.90. The van der Waals surface area contributed by atoms with Gasteiger partial charge in [-0.25, -0.2) is 0 Å². The minimum Gasteiger partial charge on any atom is -0.343 e.